The number of rotatable bonds is 4. The molecule has 0 aliphatic carbocycles. The first-order valence-electron chi connectivity index (χ1n) is 3.61. The molecule has 0 spiro atoms. The number of carboxylic acids is 1. The second-order valence-corrected chi connectivity index (χ2v) is 4.21. The Kier molecular flexibility index (Phi) is 2.91. The Balaban J connectivity index is 2.83. The van der Waals surface area contributed by atoms with Crippen LogP contribution >= 0.6 is 0 Å². The molecule has 0 radical (unpaired) electrons. The predicted molar refractivity (Wildman–Crippen MR) is 48.6 cm³/mol. The first-order chi connectivity index (χ1) is 6.94. The Labute approximate surface area is 84.6 Å². The zero-order valence-corrected chi connectivity index (χ0v) is 8.08. The Morgan fingerprint density at radius 2 is 2.40 bits per heavy atom. The minimum absolute atomic E-state index is 0.164. The van der Waals surface area contributed by atoms with Gasteiger partial charge in [-0.05, 0) is 0 Å². The number of carboxylic acid groups (broad SMARTS) is 1. The van der Waals surface area contributed by atoms with Crippen LogP contribution in [0.25, 0.3) is 0 Å². The SMILES string of the molecule is N#CCS(=O)(=O)Nc1cc(C(=O)O)[nH]n1. The molecule has 1 aromatic rings. The summed E-state index contributed by atoms with van der Waals surface area (Å²) in [5.74, 6) is -2.14. The number of aromatic amines is 1. The number of nitrogens with zero attached hydrogens (tertiary/aromatic N) is 2. The standard InChI is InChI=1S/C6H6N4O4S/c7-1-2-15(13,14)10-5-3-4(6(11)12)8-9-5/h3H,2H2,(H,11,12)(H2,8,9,10). The van der Waals surface area contributed by atoms with Crippen LogP contribution in [0.1, 0.15) is 10.5 Å². The fourth-order valence-electron chi connectivity index (χ4n) is 0.764. The van der Waals surface area contributed by atoms with Crippen molar-refractivity contribution in [3.8, 4) is 6.07 Å². The number of nitriles is 1. The molecular formula is C6H6N4O4S. The monoisotopic (exact) mass is 230 g/mol. The average Bonchev–Trinajstić information content (AvgIpc) is 2.51. The third-order valence-electron chi connectivity index (χ3n) is 1.32. The maximum atomic E-state index is 11.0. The number of nitrogens with one attached hydrogen (secondary N) is 2. The highest BCUT2D eigenvalue weighted by molar-refractivity contribution is 7.92. The number of anilines is 1. The average molecular weight is 230 g/mol. The van der Waals surface area contributed by atoms with E-state index in [1.807, 2.05) is 4.72 Å². The molecule has 0 aromatic carbocycles. The molecule has 0 saturated carbocycles. The summed E-state index contributed by atoms with van der Waals surface area (Å²) in [6, 6.07) is 2.46. The molecule has 9 heteroatoms. The fraction of sp³-hybridized carbons (Fsp3) is 0.167. The van der Waals surface area contributed by atoms with E-state index in [0.717, 1.165) is 6.07 Å². The lowest BCUT2D eigenvalue weighted by molar-refractivity contribution is 0.0690. The van der Waals surface area contributed by atoms with E-state index >= 15 is 0 Å². The molecular weight excluding hydrogens is 224 g/mol. The van der Waals surface area contributed by atoms with Crippen molar-refractivity contribution >= 4 is 21.8 Å². The van der Waals surface area contributed by atoms with Gasteiger partial charge in [-0.1, -0.05) is 0 Å². The van der Waals surface area contributed by atoms with Crippen LogP contribution in [0.5, 0.6) is 0 Å². The summed E-state index contributed by atoms with van der Waals surface area (Å²) in [6.07, 6.45) is 0. The number of carbonyl (C=O) groups is 1. The van der Waals surface area contributed by atoms with Crippen LogP contribution in [0.3, 0.4) is 0 Å². The van der Waals surface area contributed by atoms with Gasteiger partial charge in [0.1, 0.15) is 5.69 Å². The number of sulfonamides is 1. The molecule has 1 heterocycles. The van der Waals surface area contributed by atoms with E-state index in [4.69, 9.17) is 10.4 Å². The highest BCUT2D eigenvalue weighted by atomic mass is 32.2. The Morgan fingerprint density at radius 1 is 1.73 bits per heavy atom. The van der Waals surface area contributed by atoms with Crippen molar-refractivity contribution in [2.75, 3.05) is 10.5 Å². The van der Waals surface area contributed by atoms with Gasteiger partial charge in [0.05, 0.1) is 6.07 Å². The van der Waals surface area contributed by atoms with E-state index in [0.29, 0.717) is 0 Å². The second-order valence-electron chi connectivity index (χ2n) is 2.49. The lowest BCUT2D eigenvalue weighted by Crippen LogP contribution is -2.15. The van der Waals surface area contributed by atoms with Crippen LogP contribution in [-0.4, -0.2) is 35.4 Å². The third kappa shape index (κ3) is 2.96. The van der Waals surface area contributed by atoms with Crippen molar-refractivity contribution in [3.05, 3.63) is 11.8 Å². The van der Waals surface area contributed by atoms with Gasteiger partial charge in [-0.25, -0.2) is 13.2 Å². The molecule has 0 saturated heterocycles. The van der Waals surface area contributed by atoms with E-state index < -0.39 is 21.7 Å². The van der Waals surface area contributed by atoms with Crippen LogP contribution in [-0.2, 0) is 10.0 Å². The van der Waals surface area contributed by atoms with Crippen molar-refractivity contribution in [1.82, 2.24) is 10.2 Å². The van der Waals surface area contributed by atoms with Crippen molar-refractivity contribution in [1.29, 1.82) is 5.26 Å². The molecule has 0 atom stereocenters. The van der Waals surface area contributed by atoms with Gasteiger partial charge in [0, 0.05) is 6.07 Å². The molecule has 0 fully saturated rings. The molecule has 1 rings (SSSR count). The van der Waals surface area contributed by atoms with Crippen molar-refractivity contribution < 1.29 is 18.3 Å². The van der Waals surface area contributed by atoms with Gasteiger partial charge in [0.25, 0.3) is 0 Å². The van der Waals surface area contributed by atoms with Crippen molar-refractivity contribution in [2.24, 2.45) is 0 Å². The lowest BCUT2D eigenvalue weighted by atomic mass is 10.4. The van der Waals surface area contributed by atoms with Gasteiger partial charge in [0.2, 0.25) is 10.0 Å². The Hall–Kier alpha value is -2.08. The van der Waals surface area contributed by atoms with Crippen LogP contribution in [0.4, 0.5) is 5.82 Å². The second kappa shape index (κ2) is 3.97. The summed E-state index contributed by atoms with van der Waals surface area (Å²) in [5.41, 5.74) is -0.246. The topological polar surface area (TPSA) is 136 Å². The number of hydrogen-bond acceptors (Lipinski definition) is 5. The largest absolute Gasteiger partial charge is 0.477 e. The molecule has 15 heavy (non-hydrogen) atoms. The molecule has 80 valence electrons. The van der Waals surface area contributed by atoms with Crippen LogP contribution in [0.2, 0.25) is 0 Å². The van der Waals surface area contributed by atoms with Gasteiger partial charge in [0.15, 0.2) is 11.6 Å². The minimum atomic E-state index is -3.78. The van der Waals surface area contributed by atoms with E-state index in [1.54, 1.807) is 0 Å². The van der Waals surface area contributed by atoms with E-state index in [9.17, 15) is 13.2 Å². The zero-order chi connectivity index (χ0) is 11.5. The highest BCUT2D eigenvalue weighted by Crippen LogP contribution is 2.07. The summed E-state index contributed by atoms with van der Waals surface area (Å²) in [6.45, 7) is 0. The van der Waals surface area contributed by atoms with Gasteiger partial charge in [-0.15, -0.1) is 0 Å². The normalized spacial score (nSPS) is 10.6. The molecule has 8 nitrogen and oxygen atoms in total. The Morgan fingerprint density at radius 3 is 2.87 bits per heavy atom. The molecule has 1 aromatic heterocycles. The highest BCUT2D eigenvalue weighted by Gasteiger charge is 2.13. The summed E-state index contributed by atoms with van der Waals surface area (Å²) < 4.78 is 24.0. The predicted octanol–water partition coefficient (Wildman–Crippen LogP) is -0.627. The Bertz CT molecular complexity index is 511. The van der Waals surface area contributed by atoms with Crippen LogP contribution < -0.4 is 4.72 Å². The molecule has 0 aliphatic heterocycles. The number of H-pyrrole nitrogens is 1. The van der Waals surface area contributed by atoms with Gasteiger partial charge in [-0.2, -0.15) is 10.4 Å². The first kappa shape index (κ1) is 11.0. The minimum Gasteiger partial charge on any atom is -0.477 e. The number of hydrogen-bond donors (Lipinski definition) is 3. The smallest absolute Gasteiger partial charge is 0.353 e. The first-order valence-corrected chi connectivity index (χ1v) is 5.26. The van der Waals surface area contributed by atoms with Crippen LogP contribution in [0.15, 0.2) is 6.07 Å². The summed E-state index contributed by atoms with van der Waals surface area (Å²) in [5, 5.41) is 22.2. The lowest BCUT2D eigenvalue weighted by Gasteiger charge is -1.98. The fourth-order valence-corrected chi connectivity index (χ4v) is 1.43. The van der Waals surface area contributed by atoms with Crippen molar-refractivity contribution in [2.45, 2.75) is 0 Å². The summed E-state index contributed by atoms with van der Waals surface area (Å²) in [7, 11) is -3.78. The van der Waals surface area contributed by atoms with E-state index in [2.05, 4.69) is 10.2 Å². The molecule has 0 bridgehead atoms. The molecule has 3 N–H and O–H groups in total. The third-order valence-corrected chi connectivity index (χ3v) is 2.35. The number of aromatic nitrogens is 2. The van der Waals surface area contributed by atoms with Crippen LogP contribution in [0, 0.1) is 11.3 Å². The number of aromatic carboxylic acids is 1. The quantitative estimate of drug-likeness (QED) is 0.630. The van der Waals surface area contributed by atoms with Gasteiger partial charge < -0.3 is 5.11 Å². The molecule has 0 unspecified atom stereocenters. The maximum absolute atomic E-state index is 11.0. The van der Waals surface area contributed by atoms with E-state index in [-0.39, 0.29) is 11.5 Å². The van der Waals surface area contributed by atoms with E-state index in [1.165, 1.54) is 6.07 Å². The zero-order valence-electron chi connectivity index (χ0n) is 7.26. The maximum Gasteiger partial charge on any atom is 0.353 e. The summed E-state index contributed by atoms with van der Waals surface area (Å²) >= 11 is 0. The molecule has 0 aliphatic rings. The van der Waals surface area contributed by atoms with Gasteiger partial charge >= 0.3 is 5.97 Å². The van der Waals surface area contributed by atoms with Crippen molar-refractivity contribution in [3.63, 3.8) is 0 Å². The molecule has 0 amide bonds. The summed E-state index contributed by atoms with van der Waals surface area (Å²) in [4.78, 5) is 10.4. The van der Waals surface area contributed by atoms with Gasteiger partial charge in [-0.3, -0.25) is 9.82 Å².